The minimum absolute atomic E-state index is 0.0611. The van der Waals surface area contributed by atoms with Gasteiger partial charge in [-0.1, -0.05) is 0 Å². The highest BCUT2D eigenvalue weighted by molar-refractivity contribution is 5.79. The summed E-state index contributed by atoms with van der Waals surface area (Å²) in [5.74, 6) is -0.178. The van der Waals surface area contributed by atoms with Crippen molar-refractivity contribution in [3.63, 3.8) is 0 Å². The molecule has 1 aliphatic heterocycles. The van der Waals surface area contributed by atoms with E-state index >= 15 is 0 Å². The number of amides is 1. The number of hydrogen-bond donors (Lipinski definition) is 1. The Balaban J connectivity index is 1.88. The molecular weight excluding hydrogens is 321 g/mol. The molecule has 0 spiro atoms. The molecule has 2 aliphatic rings. The first kappa shape index (κ1) is 17.0. The molecule has 8 heteroatoms. The molecule has 2 heterocycles. The van der Waals surface area contributed by atoms with E-state index in [4.69, 9.17) is 0 Å². The zero-order valence-electron chi connectivity index (χ0n) is 13.6. The van der Waals surface area contributed by atoms with Crippen LogP contribution in [0.3, 0.4) is 0 Å². The fraction of sp³-hybridized carbons (Fsp3) is 0.688. The molecule has 0 saturated carbocycles. The number of aryl methyl sites for hydroxylation is 1. The van der Waals surface area contributed by atoms with Gasteiger partial charge in [0.15, 0.2) is 5.69 Å². The third-order valence-corrected chi connectivity index (χ3v) is 4.63. The van der Waals surface area contributed by atoms with Gasteiger partial charge < -0.3 is 10.2 Å². The Labute approximate surface area is 138 Å². The molecule has 5 nitrogen and oxygen atoms in total. The van der Waals surface area contributed by atoms with E-state index < -0.39 is 11.9 Å². The first-order chi connectivity index (χ1) is 11.4. The zero-order valence-corrected chi connectivity index (χ0v) is 13.6. The fourth-order valence-electron chi connectivity index (χ4n) is 3.43. The van der Waals surface area contributed by atoms with Crippen LogP contribution in [0, 0.1) is 5.92 Å². The molecule has 0 aromatic carbocycles. The van der Waals surface area contributed by atoms with Crippen LogP contribution in [0.25, 0.3) is 0 Å². The van der Waals surface area contributed by atoms with E-state index in [1.807, 2.05) is 6.92 Å². The molecule has 1 fully saturated rings. The number of fused-ring (bicyclic) bond motifs is 1. The second kappa shape index (κ2) is 6.57. The Kier molecular flexibility index (Phi) is 4.64. The third-order valence-electron chi connectivity index (χ3n) is 4.63. The molecule has 1 aliphatic carbocycles. The number of anilines is 1. The quantitative estimate of drug-likeness (QED) is 0.916. The normalized spacial score (nSPS) is 20.8. The van der Waals surface area contributed by atoms with Gasteiger partial charge in [0.1, 0.15) is 0 Å². The van der Waals surface area contributed by atoms with E-state index in [1.54, 1.807) is 4.90 Å². The van der Waals surface area contributed by atoms with Gasteiger partial charge in [-0.3, -0.25) is 4.79 Å². The lowest BCUT2D eigenvalue weighted by molar-refractivity contribution is -0.142. The summed E-state index contributed by atoms with van der Waals surface area (Å²) in [5.41, 5.74) is -0.0410. The van der Waals surface area contributed by atoms with Crippen molar-refractivity contribution in [3.8, 4) is 0 Å². The van der Waals surface area contributed by atoms with E-state index in [-0.39, 0.29) is 23.3 Å². The van der Waals surface area contributed by atoms with Gasteiger partial charge in [-0.2, -0.15) is 13.2 Å². The molecule has 0 unspecified atom stereocenters. The summed E-state index contributed by atoms with van der Waals surface area (Å²) >= 11 is 0. The number of carbonyl (C=O) groups excluding carboxylic acids is 1. The average Bonchev–Trinajstić information content (AvgIpc) is 3.03. The van der Waals surface area contributed by atoms with Crippen LogP contribution in [0.5, 0.6) is 0 Å². The topological polar surface area (TPSA) is 58.1 Å². The van der Waals surface area contributed by atoms with E-state index in [2.05, 4.69) is 15.3 Å². The maximum atomic E-state index is 13.4. The number of carbonyl (C=O) groups is 1. The van der Waals surface area contributed by atoms with Crippen LogP contribution < -0.4 is 10.2 Å². The highest BCUT2D eigenvalue weighted by Crippen LogP contribution is 2.36. The Hall–Kier alpha value is -1.86. The van der Waals surface area contributed by atoms with Gasteiger partial charge in [0, 0.05) is 30.9 Å². The van der Waals surface area contributed by atoms with Crippen LogP contribution in [-0.2, 0) is 23.8 Å². The largest absolute Gasteiger partial charge is 0.433 e. The number of alkyl halides is 3. The molecule has 1 amide bonds. The van der Waals surface area contributed by atoms with Gasteiger partial charge in [0.2, 0.25) is 11.9 Å². The molecule has 1 atom stereocenters. The lowest BCUT2D eigenvalue weighted by Gasteiger charge is -2.23. The zero-order chi connectivity index (χ0) is 17.3. The van der Waals surface area contributed by atoms with Crippen LogP contribution in [-0.4, -0.2) is 35.5 Å². The first-order valence-corrected chi connectivity index (χ1v) is 8.39. The molecule has 0 radical (unpaired) electrons. The van der Waals surface area contributed by atoms with Gasteiger partial charge in [-0.25, -0.2) is 9.97 Å². The summed E-state index contributed by atoms with van der Waals surface area (Å²) < 4.78 is 40.1. The summed E-state index contributed by atoms with van der Waals surface area (Å²) in [6.45, 7) is 3.25. The van der Waals surface area contributed by atoms with Crippen molar-refractivity contribution < 1.29 is 18.0 Å². The number of halogens is 3. The Morgan fingerprint density at radius 1 is 1.29 bits per heavy atom. The van der Waals surface area contributed by atoms with E-state index in [0.717, 1.165) is 12.8 Å². The van der Waals surface area contributed by atoms with Crippen LogP contribution in [0.2, 0.25) is 0 Å². The third kappa shape index (κ3) is 3.32. The minimum atomic E-state index is -4.47. The molecular formula is C16H21F3N4O. The molecule has 1 aromatic heterocycles. The number of rotatable bonds is 3. The molecule has 1 N–H and O–H groups in total. The predicted octanol–water partition coefficient (Wildman–Crippen LogP) is 2.34. The summed E-state index contributed by atoms with van der Waals surface area (Å²) in [6, 6.07) is 0. The van der Waals surface area contributed by atoms with Crippen molar-refractivity contribution in [2.24, 2.45) is 5.92 Å². The second-order valence-corrected chi connectivity index (χ2v) is 6.33. The van der Waals surface area contributed by atoms with Crippen molar-refractivity contribution in [2.45, 2.75) is 45.2 Å². The van der Waals surface area contributed by atoms with Crippen molar-refractivity contribution in [1.82, 2.24) is 15.3 Å². The van der Waals surface area contributed by atoms with Gasteiger partial charge in [0.25, 0.3) is 0 Å². The maximum Gasteiger partial charge on any atom is 0.433 e. The number of aromatic nitrogens is 2. The Bertz CT molecular complexity index is 632. The van der Waals surface area contributed by atoms with Crippen molar-refractivity contribution in [3.05, 3.63) is 17.0 Å². The molecule has 24 heavy (non-hydrogen) atoms. The van der Waals surface area contributed by atoms with E-state index in [9.17, 15) is 18.0 Å². The summed E-state index contributed by atoms with van der Waals surface area (Å²) in [7, 11) is 0. The van der Waals surface area contributed by atoms with E-state index in [0.29, 0.717) is 44.6 Å². The van der Waals surface area contributed by atoms with Crippen molar-refractivity contribution >= 4 is 11.9 Å². The minimum Gasteiger partial charge on any atom is -0.356 e. The Morgan fingerprint density at radius 2 is 2.04 bits per heavy atom. The van der Waals surface area contributed by atoms with E-state index in [1.165, 1.54) is 0 Å². The number of nitrogens with one attached hydrogen (secondary N) is 1. The van der Waals surface area contributed by atoms with Crippen LogP contribution in [0.15, 0.2) is 0 Å². The highest BCUT2D eigenvalue weighted by atomic mass is 19.4. The van der Waals surface area contributed by atoms with Gasteiger partial charge in [0.05, 0.1) is 5.92 Å². The standard InChI is InChI=1S/C16H21F3N4O/c1-2-20-14(24)10-7-8-23(9-10)15-21-12-6-4-3-5-11(12)13(22-15)16(17,18)19/h10H,2-9H2,1H3,(H,20,24)/t10-/m1/s1. The van der Waals surface area contributed by atoms with Crippen LogP contribution in [0.1, 0.15) is 43.1 Å². The second-order valence-electron chi connectivity index (χ2n) is 6.33. The lowest BCUT2D eigenvalue weighted by atomic mass is 9.94. The summed E-state index contributed by atoms with van der Waals surface area (Å²) in [5, 5.41) is 2.76. The summed E-state index contributed by atoms with van der Waals surface area (Å²) in [4.78, 5) is 21.9. The molecule has 0 bridgehead atoms. The lowest BCUT2D eigenvalue weighted by Crippen LogP contribution is -2.33. The first-order valence-electron chi connectivity index (χ1n) is 8.39. The smallest absolute Gasteiger partial charge is 0.356 e. The van der Waals surface area contributed by atoms with Crippen LogP contribution >= 0.6 is 0 Å². The molecule has 3 rings (SSSR count). The maximum absolute atomic E-state index is 13.4. The molecule has 1 aromatic rings. The Morgan fingerprint density at radius 3 is 2.75 bits per heavy atom. The van der Waals surface area contributed by atoms with Crippen LogP contribution in [0.4, 0.5) is 19.1 Å². The monoisotopic (exact) mass is 342 g/mol. The van der Waals surface area contributed by atoms with Crippen molar-refractivity contribution in [1.29, 1.82) is 0 Å². The summed E-state index contributed by atoms with van der Waals surface area (Å²) in [6.07, 6.45) is -1.34. The molecule has 1 saturated heterocycles. The number of nitrogens with zero attached hydrogens (tertiary/aromatic N) is 3. The number of hydrogen-bond acceptors (Lipinski definition) is 4. The SMILES string of the molecule is CCNC(=O)[C@@H]1CCN(c2nc3c(c(C(F)(F)F)n2)CCCC3)C1. The molecule has 132 valence electrons. The van der Waals surface area contributed by atoms with Gasteiger partial charge >= 0.3 is 6.18 Å². The highest BCUT2D eigenvalue weighted by Gasteiger charge is 2.39. The van der Waals surface area contributed by atoms with Crippen molar-refractivity contribution in [2.75, 3.05) is 24.5 Å². The average molecular weight is 342 g/mol. The van der Waals surface area contributed by atoms with Gasteiger partial charge in [-0.15, -0.1) is 0 Å². The predicted molar refractivity (Wildman–Crippen MR) is 82.7 cm³/mol. The fourth-order valence-corrected chi connectivity index (χ4v) is 3.43. The van der Waals surface area contributed by atoms with Gasteiger partial charge in [-0.05, 0) is 39.0 Å².